The summed E-state index contributed by atoms with van der Waals surface area (Å²) in [5.74, 6) is -3.87. The smallest absolute Gasteiger partial charge is 0.335 e. The molecule has 1 aliphatic heterocycles. The van der Waals surface area contributed by atoms with Crippen molar-refractivity contribution < 1.29 is 33.8 Å². The number of rotatable bonds is 14. The van der Waals surface area contributed by atoms with Crippen LogP contribution in [-0.4, -0.2) is 61.8 Å². The molecule has 55 heavy (non-hydrogen) atoms. The number of nitrogens with one attached hydrogen (secondary N) is 2. The molecule has 2 aromatic carbocycles. The number of alkyl halides is 2. The fraction of sp³-hybridized carbons (Fsp3) is 0.429. The van der Waals surface area contributed by atoms with E-state index in [1.807, 2.05) is 71.0 Å². The van der Waals surface area contributed by atoms with Crippen molar-refractivity contribution in [1.29, 1.82) is 0 Å². The number of anilines is 1. The van der Waals surface area contributed by atoms with Gasteiger partial charge in [0.25, 0.3) is 11.9 Å². The Kier molecular flexibility index (Phi) is 12.7. The summed E-state index contributed by atoms with van der Waals surface area (Å²) >= 11 is 0. The van der Waals surface area contributed by atoms with Gasteiger partial charge in [-0.05, 0) is 83.6 Å². The summed E-state index contributed by atoms with van der Waals surface area (Å²) in [5.41, 5.74) is 7.42. The average molecular weight is 760 g/mol. The lowest BCUT2D eigenvalue weighted by molar-refractivity contribution is -0.273. The number of carboxylic acid groups (broad SMARTS) is 1. The zero-order valence-electron chi connectivity index (χ0n) is 32.7. The van der Waals surface area contributed by atoms with E-state index in [9.17, 15) is 29.1 Å². The largest absolute Gasteiger partial charge is 0.478 e. The van der Waals surface area contributed by atoms with E-state index in [1.165, 1.54) is 18.2 Å². The molecular formula is C42H53F2N6O5+. The molecule has 0 spiro atoms. The summed E-state index contributed by atoms with van der Waals surface area (Å²) in [5, 5.41) is 35.2. The molecule has 1 saturated heterocycles. The van der Waals surface area contributed by atoms with E-state index >= 15 is 0 Å². The Hall–Kier alpha value is -4.82. The molecule has 3 aromatic rings. The van der Waals surface area contributed by atoms with Crippen LogP contribution in [-0.2, 0) is 0 Å². The number of carboxylic acids is 1. The van der Waals surface area contributed by atoms with E-state index in [4.69, 9.17) is 9.73 Å². The summed E-state index contributed by atoms with van der Waals surface area (Å²) in [4.78, 5) is 23.8. The second kappa shape index (κ2) is 16.9. The van der Waals surface area contributed by atoms with Crippen LogP contribution in [0, 0.1) is 19.3 Å². The third-order valence-corrected chi connectivity index (χ3v) is 10.6. The standard InChI is InChI=1S/C42H52F2N6O5/c1-8-14-30(21-28(5)41(7)25-42(41,43)44)29(6)45-34(9-2)35-20-11-10-18-32(46-35)24-55-37-23-36(38-26(3)15-12-16-27(38)4)47-40(48-37)49-50(53,54)33-19-13-17-31(22-33)39(51)52/h9,12-17,19,21-23,32,35,46,53-54H,8,10-11,18,20,24-25H2,1-7H3,(H-,47,48,49,51,52)/p+1/b28-21+,30-14-,34-9-,45-29-. The van der Waals surface area contributed by atoms with Crippen LogP contribution in [0.5, 0.6) is 5.88 Å². The number of halogens is 2. The number of hydrogen-bond donors (Lipinski definition) is 5. The minimum atomic E-state index is -2.69. The number of hydrogen-bond acceptors (Lipinski definition) is 9. The molecule has 3 atom stereocenters. The van der Waals surface area contributed by atoms with Crippen LogP contribution in [0.3, 0.4) is 0 Å². The van der Waals surface area contributed by atoms with Gasteiger partial charge in [-0.2, -0.15) is 4.98 Å². The molecule has 5 rings (SSSR count). The van der Waals surface area contributed by atoms with Crippen molar-refractivity contribution in [3.05, 3.63) is 100 Å². The Labute approximate surface area is 321 Å². The van der Waals surface area contributed by atoms with Gasteiger partial charge in [0.1, 0.15) is 6.61 Å². The van der Waals surface area contributed by atoms with Crippen molar-refractivity contribution in [2.24, 2.45) is 10.4 Å². The van der Waals surface area contributed by atoms with Gasteiger partial charge in [-0.3, -0.25) is 4.99 Å². The van der Waals surface area contributed by atoms with Crippen molar-refractivity contribution in [3.63, 3.8) is 0 Å². The van der Waals surface area contributed by atoms with E-state index in [2.05, 4.69) is 20.7 Å². The number of aliphatic imine (C=N–C) groups is 1. The first kappa shape index (κ1) is 41.3. The van der Waals surface area contributed by atoms with E-state index < -0.39 is 22.2 Å². The fourth-order valence-corrected chi connectivity index (χ4v) is 7.03. The third kappa shape index (κ3) is 9.71. The van der Waals surface area contributed by atoms with Gasteiger partial charge in [0.05, 0.1) is 27.3 Å². The van der Waals surface area contributed by atoms with Crippen LogP contribution in [0.25, 0.3) is 11.3 Å². The van der Waals surface area contributed by atoms with Crippen molar-refractivity contribution in [1.82, 2.24) is 20.2 Å². The number of benzene rings is 2. The van der Waals surface area contributed by atoms with Crippen molar-refractivity contribution in [2.45, 2.75) is 105 Å². The fourth-order valence-electron chi connectivity index (χ4n) is 7.03. The van der Waals surface area contributed by atoms with Gasteiger partial charge in [0.2, 0.25) is 11.6 Å². The van der Waals surface area contributed by atoms with Gasteiger partial charge in [-0.25, -0.2) is 18.6 Å². The van der Waals surface area contributed by atoms with Gasteiger partial charge in [-0.15, -0.1) is 15.8 Å². The predicted molar refractivity (Wildman–Crippen MR) is 211 cm³/mol. The van der Waals surface area contributed by atoms with E-state index in [0.29, 0.717) is 11.3 Å². The number of nitrogens with zero attached hydrogens (tertiary/aromatic N) is 4. The second-order valence-electron chi connectivity index (χ2n) is 14.8. The number of quaternary nitrogens is 1. The molecule has 2 heterocycles. The molecule has 0 amide bonds. The van der Waals surface area contributed by atoms with Gasteiger partial charge < -0.3 is 15.2 Å². The molecule has 5 N–H and O–H groups in total. The first-order chi connectivity index (χ1) is 26.0. The van der Waals surface area contributed by atoms with Crippen molar-refractivity contribution >= 4 is 23.3 Å². The topological polar surface area (TPSA) is 149 Å². The maximum atomic E-state index is 14.2. The molecule has 0 radical (unpaired) electrons. The molecule has 2 fully saturated rings. The van der Waals surface area contributed by atoms with Gasteiger partial charge in [-0.1, -0.05) is 67.8 Å². The minimum Gasteiger partial charge on any atom is -0.478 e. The summed E-state index contributed by atoms with van der Waals surface area (Å²) < 4.78 is 34.7. The Bertz CT molecular complexity index is 2010. The lowest BCUT2D eigenvalue weighted by Gasteiger charge is -2.24. The summed E-state index contributed by atoms with van der Waals surface area (Å²) in [6.45, 7) is 13.4. The lowest BCUT2D eigenvalue weighted by Crippen LogP contribution is -2.48. The monoisotopic (exact) mass is 759 g/mol. The molecule has 2 aliphatic rings. The predicted octanol–water partition coefficient (Wildman–Crippen LogP) is 9.54. The highest BCUT2D eigenvalue weighted by Crippen LogP contribution is 2.64. The Morgan fingerprint density at radius 1 is 1.09 bits per heavy atom. The van der Waals surface area contributed by atoms with Crippen LogP contribution < -0.4 is 20.4 Å². The molecule has 11 nitrogen and oxygen atoms in total. The van der Waals surface area contributed by atoms with Crippen molar-refractivity contribution in [3.8, 4) is 17.1 Å². The molecular weight excluding hydrogens is 706 g/mol. The Morgan fingerprint density at radius 3 is 2.40 bits per heavy atom. The quantitative estimate of drug-likeness (QED) is 0.0469. The number of aryl methyl sites for hydroxylation is 2. The molecule has 294 valence electrons. The third-order valence-electron chi connectivity index (χ3n) is 10.6. The van der Waals surface area contributed by atoms with E-state index in [0.717, 1.165) is 71.8 Å². The number of aromatic carboxylic acids is 1. The molecule has 13 heteroatoms. The van der Waals surface area contributed by atoms with Crippen LogP contribution in [0.4, 0.5) is 20.4 Å². The zero-order valence-corrected chi connectivity index (χ0v) is 32.7. The van der Waals surface area contributed by atoms with Crippen LogP contribution >= 0.6 is 0 Å². The number of aromatic nitrogens is 2. The van der Waals surface area contributed by atoms with Crippen LogP contribution in [0.15, 0.2) is 88.6 Å². The highest BCUT2D eigenvalue weighted by molar-refractivity contribution is 6.01. The van der Waals surface area contributed by atoms with Crippen LogP contribution in [0.1, 0.15) is 94.6 Å². The second-order valence-corrected chi connectivity index (χ2v) is 14.8. The lowest BCUT2D eigenvalue weighted by atomic mass is 9.95. The SMILES string of the molecule is C\C=C(/N=C(C)\C(=C/CC)\C=C(/C)C1(C)CC1(F)F)C1CCCCC(COc2cc(-c3c(C)cccc3C)nc(N[N+](O)(O)c3cccc(C(=O)O)c3)n2)N1. The Morgan fingerprint density at radius 2 is 1.76 bits per heavy atom. The van der Waals surface area contributed by atoms with Crippen LogP contribution in [0.2, 0.25) is 0 Å². The summed E-state index contributed by atoms with van der Waals surface area (Å²) in [6, 6.07) is 12.6. The van der Waals surface area contributed by atoms with E-state index in [-0.39, 0.29) is 48.2 Å². The maximum Gasteiger partial charge on any atom is 0.335 e. The van der Waals surface area contributed by atoms with Crippen molar-refractivity contribution in [2.75, 3.05) is 12.0 Å². The van der Waals surface area contributed by atoms with Gasteiger partial charge in [0, 0.05) is 48.0 Å². The Balaban J connectivity index is 1.38. The summed E-state index contributed by atoms with van der Waals surface area (Å²) in [6.07, 6.45) is 10.1. The first-order valence-electron chi connectivity index (χ1n) is 18.8. The number of ether oxygens (including phenoxy) is 1. The number of carbonyl (C=O) groups is 1. The average Bonchev–Trinajstić information content (AvgIpc) is 3.76. The normalized spacial score (nSPS) is 22.2. The highest BCUT2D eigenvalue weighted by atomic mass is 19.3. The first-order valence-corrected chi connectivity index (χ1v) is 18.8. The van der Waals surface area contributed by atoms with E-state index in [1.54, 1.807) is 19.9 Å². The highest BCUT2D eigenvalue weighted by Gasteiger charge is 2.68. The number of allylic oxidation sites excluding steroid dienone is 5. The zero-order chi connectivity index (χ0) is 40.1. The van der Waals surface area contributed by atoms with Gasteiger partial charge >= 0.3 is 5.97 Å². The molecule has 1 saturated carbocycles. The molecule has 0 bridgehead atoms. The minimum absolute atomic E-state index is 0.0784. The molecule has 3 unspecified atom stereocenters. The van der Waals surface area contributed by atoms with Gasteiger partial charge in [0.15, 0.2) is 0 Å². The maximum absolute atomic E-state index is 14.2. The summed E-state index contributed by atoms with van der Waals surface area (Å²) in [7, 11) is 0. The molecule has 1 aromatic heterocycles. The molecule has 1 aliphatic carbocycles.